The van der Waals surface area contributed by atoms with Gasteiger partial charge < -0.3 is 15.4 Å². The topological polar surface area (TPSA) is 84.5 Å². The zero-order valence-corrected chi connectivity index (χ0v) is 20.8. The van der Waals surface area contributed by atoms with Gasteiger partial charge in [-0.1, -0.05) is 46.3 Å². The lowest BCUT2D eigenvalue weighted by molar-refractivity contribution is -0.139. The molecule has 34 heavy (non-hydrogen) atoms. The summed E-state index contributed by atoms with van der Waals surface area (Å²) in [6.45, 7) is 2.11. The second-order valence-corrected chi connectivity index (χ2v) is 8.97. The minimum Gasteiger partial charge on any atom is -0.465 e. The van der Waals surface area contributed by atoms with Gasteiger partial charge in [-0.25, -0.2) is 0 Å². The summed E-state index contributed by atoms with van der Waals surface area (Å²) in [5.41, 5.74) is 1.87. The molecule has 2 amide bonds. The molecule has 3 aromatic rings. The van der Waals surface area contributed by atoms with Crippen molar-refractivity contribution >= 4 is 57.2 Å². The Balaban J connectivity index is 1.73. The number of hydrogen-bond donors (Lipinski definition) is 2. The molecule has 0 aliphatic rings. The fraction of sp³-hybridized carbons (Fsp3) is 0.115. The zero-order chi connectivity index (χ0) is 24.3. The smallest absolute Gasteiger partial charge is 0.316 e. The first-order valence-corrected chi connectivity index (χ1v) is 12.3. The Bertz CT molecular complexity index is 1160. The minimum atomic E-state index is -0.459. The van der Waals surface area contributed by atoms with Crippen LogP contribution in [-0.4, -0.2) is 30.1 Å². The van der Waals surface area contributed by atoms with Crippen LogP contribution in [0.4, 0.5) is 5.69 Å². The number of anilines is 1. The summed E-state index contributed by atoms with van der Waals surface area (Å²) in [7, 11) is 0. The molecule has 0 spiro atoms. The predicted octanol–water partition coefficient (Wildman–Crippen LogP) is 5.51. The third kappa shape index (κ3) is 7.90. The number of nitrogens with one attached hydrogen (secondary N) is 2. The van der Waals surface area contributed by atoms with Crippen molar-refractivity contribution in [3.05, 3.63) is 100 Å². The van der Waals surface area contributed by atoms with E-state index in [2.05, 4.69) is 26.6 Å². The van der Waals surface area contributed by atoms with Gasteiger partial charge in [0.1, 0.15) is 5.70 Å². The van der Waals surface area contributed by atoms with Crippen molar-refractivity contribution in [2.45, 2.75) is 11.8 Å². The van der Waals surface area contributed by atoms with Crippen molar-refractivity contribution in [2.75, 3.05) is 17.7 Å². The van der Waals surface area contributed by atoms with E-state index in [0.717, 1.165) is 14.9 Å². The third-order valence-corrected chi connectivity index (χ3v) is 6.00. The molecule has 0 aromatic heterocycles. The van der Waals surface area contributed by atoms with Crippen LogP contribution in [0.15, 0.2) is 93.9 Å². The van der Waals surface area contributed by atoms with Crippen LogP contribution in [0.2, 0.25) is 0 Å². The monoisotopic (exact) mass is 538 g/mol. The molecule has 0 atom stereocenters. The van der Waals surface area contributed by atoms with Crippen molar-refractivity contribution in [2.24, 2.45) is 0 Å². The summed E-state index contributed by atoms with van der Waals surface area (Å²) in [5.74, 6) is -0.906. The Morgan fingerprint density at radius 2 is 1.62 bits per heavy atom. The molecule has 0 fully saturated rings. The largest absolute Gasteiger partial charge is 0.465 e. The highest BCUT2D eigenvalue weighted by atomic mass is 79.9. The summed E-state index contributed by atoms with van der Waals surface area (Å²) in [6.07, 6.45) is 1.62. The Kier molecular flexibility index (Phi) is 9.49. The predicted molar refractivity (Wildman–Crippen MR) is 138 cm³/mol. The summed E-state index contributed by atoms with van der Waals surface area (Å²) in [6, 6.07) is 23.2. The van der Waals surface area contributed by atoms with Crippen molar-refractivity contribution < 1.29 is 19.1 Å². The Labute approximate surface area is 210 Å². The molecule has 0 unspecified atom stereocenters. The Morgan fingerprint density at radius 3 is 2.26 bits per heavy atom. The quantitative estimate of drug-likeness (QED) is 0.213. The summed E-state index contributed by atoms with van der Waals surface area (Å²) < 4.78 is 5.83. The molecule has 0 radical (unpaired) electrons. The van der Waals surface area contributed by atoms with Crippen molar-refractivity contribution in [3.63, 3.8) is 0 Å². The van der Waals surface area contributed by atoms with Gasteiger partial charge >= 0.3 is 5.97 Å². The maximum Gasteiger partial charge on any atom is 0.316 e. The molecule has 6 nitrogen and oxygen atoms in total. The van der Waals surface area contributed by atoms with Crippen LogP contribution in [0.25, 0.3) is 6.08 Å². The summed E-state index contributed by atoms with van der Waals surface area (Å²) in [4.78, 5) is 38.1. The van der Waals surface area contributed by atoms with E-state index in [-0.39, 0.29) is 23.3 Å². The first kappa shape index (κ1) is 25.3. The Hall–Kier alpha value is -3.36. The van der Waals surface area contributed by atoms with Gasteiger partial charge in [0.05, 0.1) is 12.4 Å². The fourth-order valence-corrected chi connectivity index (χ4v) is 3.81. The van der Waals surface area contributed by atoms with Crippen LogP contribution in [0, 0.1) is 0 Å². The molecule has 2 N–H and O–H groups in total. The molecular weight excluding hydrogens is 516 g/mol. The van der Waals surface area contributed by atoms with E-state index < -0.39 is 5.91 Å². The standard InChI is InChI=1S/C26H23BrN2O4S/c1-2-33-24(30)17-34-22-14-12-21(13-15-22)28-26(32)23(16-18-8-10-20(27)11-9-18)29-25(31)19-6-4-3-5-7-19/h3-16H,2,17H2,1H3,(H,28,32)(H,29,31)/b23-16-. The van der Waals surface area contributed by atoms with Crippen LogP contribution in [-0.2, 0) is 14.3 Å². The molecule has 0 heterocycles. The van der Waals surface area contributed by atoms with Crippen LogP contribution < -0.4 is 10.6 Å². The number of carbonyl (C=O) groups excluding carboxylic acids is 3. The van der Waals surface area contributed by atoms with Crippen molar-refractivity contribution in [1.82, 2.24) is 5.32 Å². The van der Waals surface area contributed by atoms with E-state index >= 15 is 0 Å². The molecule has 8 heteroatoms. The molecule has 0 saturated heterocycles. The molecule has 0 saturated carbocycles. The molecule has 0 bridgehead atoms. The second-order valence-electron chi connectivity index (χ2n) is 7.00. The SMILES string of the molecule is CCOC(=O)CSc1ccc(NC(=O)/C(=C/c2ccc(Br)cc2)NC(=O)c2ccccc2)cc1. The first-order chi connectivity index (χ1) is 16.4. The van der Waals surface area contributed by atoms with Crippen molar-refractivity contribution in [1.29, 1.82) is 0 Å². The fourth-order valence-electron chi connectivity index (χ4n) is 2.85. The van der Waals surface area contributed by atoms with Crippen LogP contribution in [0.1, 0.15) is 22.8 Å². The second kappa shape index (κ2) is 12.8. The average Bonchev–Trinajstić information content (AvgIpc) is 2.85. The minimum absolute atomic E-state index is 0.108. The van der Waals surface area contributed by atoms with E-state index in [1.807, 2.05) is 30.3 Å². The van der Waals surface area contributed by atoms with E-state index in [9.17, 15) is 14.4 Å². The van der Waals surface area contributed by atoms with Crippen molar-refractivity contribution in [3.8, 4) is 0 Å². The van der Waals surface area contributed by atoms with Gasteiger partial charge in [-0.2, -0.15) is 0 Å². The number of amides is 2. The summed E-state index contributed by atoms with van der Waals surface area (Å²) in [5, 5.41) is 5.53. The number of ether oxygens (including phenoxy) is 1. The lowest BCUT2D eigenvalue weighted by Gasteiger charge is -2.12. The normalized spacial score (nSPS) is 10.9. The van der Waals surface area contributed by atoms with Gasteiger partial charge in [-0.05, 0) is 67.1 Å². The maximum atomic E-state index is 13.1. The van der Waals surface area contributed by atoms with Crippen LogP contribution in [0.3, 0.4) is 0 Å². The van der Waals surface area contributed by atoms with Gasteiger partial charge in [0.15, 0.2) is 0 Å². The third-order valence-electron chi connectivity index (χ3n) is 4.48. The number of halogens is 1. The number of esters is 1. The van der Waals surface area contributed by atoms with E-state index in [0.29, 0.717) is 17.9 Å². The van der Waals surface area contributed by atoms with Crippen LogP contribution in [0.5, 0.6) is 0 Å². The molecule has 174 valence electrons. The number of hydrogen-bond acceptors (Lipinski definition) is 5. The first-order valence-electron chi connectivity index (χ1n) is 10.5. The highest BCUT2D eigenvalue weighted by Gasteiger charge is 2.15. The Morgan fingerprint density at radius 1 is 0.941 bits per heavy atom. The molecule has 3 rings (SSSR count). The van der Waals surface area contributed by atoms with Gasteiger partial charge in [-0.15, -0.1) is 11.8 Å². The van der Waals surface area contributed by atoms with E-state index in [1.165, 1.54) is 11.8 Å². The maximum absolute atomic E-state index is 13.1. The van der Waals surface area contributed by atoms with Gasteiger partial charge in [-0.3, -0.25) is 14.4 Å². The summed E-state index contributed by atoms with van der Waals surface area (Å²) >= 11 is 4.74. The van der Waals surface area contributed by atoms with Gasteiger partial charge in [0.2, 0.25) is 0 Å². The lowest BCUT2D eigenvalue weighted by Crippen LogP contribution is -2.30. The number of benzene rings is 3. The highest BCUT2D eigenvalue weighted by molar-refractivity contribution is 9.10. The van der Waals surface area contributed by atoms with E-state index in [4.69, 9.17) is 4.74 Å². The highest BCUT2D eigenvalue weighted by Crippen LogP contribution is 2.21. The van der Waals surface area contributed by atoms with Gasteiger partial charge in [0, 0.05) is 20.6 Å². The lowest BCUT2D eigenvalue weighted by atomic mass is 10.1. The van der Waals surface area contributed by atoms with E-state index in [1.54, 1.807) is 61.5 Å². The van der Waals surface area contributed by atoms with Crippen LogP contribution >= 0.6 is 27.7 Å². The number of rotatable bonds is 9. The number of carbonyl (C=O) groups is 3. The molecule has 3 aromatic carbocycles. The molecule has 0 aliphatic carbocycles. The van der Waals surface area contributed by atoms with Gasteiger partial charge in [0.25, 0.3) is 11.8 Å². The number of thioether (sulfide) groups is 1. The zero-order valence-electron chi connectivity index (χ0n) is 18.4. The molecular formula is C26H23BrN2O4S. The average molecular weight is 539 g/mol. The molecule has 0 aliphatic heterocycles.